The molecule has 1 aliphatic rings. The molecule has 134 valence electrons. The Labute approximate surface area is 151 Å². The highest BCUT2D eigenvalue weighted by molar-refractivity contribution is 6.30. The first-order valence-corrected chi connectivity index (χ1v) is 8.61. The Bertz CT molecular complexity index is 717. The van der Waals surface area contributed by atoms with Crippen LogP contribution in [-0.2, 0) is 29.1 Å². The van der Waals surface area contributed by atoms with E-state index in [0.29, 0.717) is 17.4 Å². The molecule has 0 aliphatic carbocycles. The lowest BCUT2D eigenvalue weighted by atomic mass is 10.1. The number of ether oxygens (including phenoxy) is 2. The van der Waals surface area contributed by atoms with Crippen LogP contribution in [0, 0.1) is 0 Å². The van der Waals surface area contributed by atoms with Gasteiger partial charge in [-0.05, 0) is 37.1 Å². The van der Waals surface area contributed by atoms with Crippen molar-refractivity contribution >= 4 is 17.5 Å². The van der Waals surface area contributed by atoms with Crippen molar-refractivity contribution in [2.75, 3.05) is 13.7 Å². The van der Waals surface area contributed by atoms with E-state index in [1.165, 1.54) is 0 Å². The summed E-state index contributed by atoms with van der Waals surface area (Å²) in [5, 5.41) is 12.0. The predicted molar refractivity (Wildman–Crippen MR) is 92.6 cm³/mol. The van der Waals surface area contributed by atoms with E-state index < -0.39 is 0 Å². The van der Waals surface area contributed by atoms with Gasteiger partial charge in [-0.15, -0.1) is 10.2 Å². The van der Waals surface area contributed by atoms with E-state index in [4.69, 9.17) is 21.1 Å². The number of halogens is 1. The third-order valence-electron chi connectivity index (χ3n) is 4.14. The van der Waals surface area contributed by atoms with Crippen molar-refractivity contribution in [2.24, 2.45) is 0 Å². The zero-order valence-electron chi connectivity index (χ0n) is 14.1. The molecule has 0 spiro atoms. The molecule has 1 aromatic heterocycles. The van der Waals surface area contributed by atoms with Crippen molar-refractivity contribution in [3.8, 4) is 5.75 Å². The number of amides is 1. The van der Waals surface area contributed by atoms with Crippen molar-refractivity contribution in [1.29, 1.82) is 0 Å². The summed E-state index contributed by atoms with van der Waals surface area (Å²) < 4.78 is 12.7. The van der Waals surface area contributed by atoms with Gasteiger partial charge in [0.1, 0.15) is 18.2 Å². The molecular weight excluding hydrogens is 344 g/mol. The van der Waals surface area contributed by atoms with Crippen LogP contribution in [0.5, 0.6) is 5.75 Å². The summed E-state index contributed by atoms with van der Waals surface area (Å²) in [5.74, 6) is 2.27. The molecule has 8 heteroatoms. The Morgan fingerprint density at radius 3 is 2.88 bits per heavy atom. The van der Waals surface area contributed by atoms with Crippen LogP contribution >= 0.6 is 11.6 Å². The SMILES string of the molecule is COCc1nnc2n1CCC(NC(=O)COc1ccc(Cl)cc1)CC2. The molecule has 1 amide bonds. The third-order valence-corrected chi connectivity index (χ3v) is 4.40. The summed E-state index contributed by atoms with van der Waals surface area (Å²) in [7, 11) is 1.64. The number of hydrogen-bond acceptors (Lipinski definition) is 5. The van der Waals surface area contributed by atoms with Gasteiger partial charge < -0.3 is 19.4 Å². The second kappa shape index (κ2) is 8.31. The van der Waals surface area contributed by atoms with Crippen LogP contribution in [0.1, 0.15) is 24.5 Å². The molecular formula is C17H21ClN4O3. The first-order valence-electron chi connectivity index (χ1n) is 8.23. The molecule has 0 saturated carbocycles. The van der Waals surface area contributed by atoms with Crippen LogP contribution in [0.25, 0.3) is 0 Å². The van der Waals surface area contributed by atoms with Gasteiger partial charge >= 0.3 is 0 Å². The number of aromatic nitrogens is 3. The normalized spacial score (nSPS) is 16.8. The summed E-state index contributed by atoms with van der Waals surface area (Å²) in [6.07, 6.45) is 2.44. The molecule has 1 N–H and O–H groups in total. The maximum absolute atomic E-state index is 12.1. The first-order chi connectivity index (χ1) is 12.2. The van der Waals surface area contributed by atoms with E-state index in [9.17, 15) is 4.79 Å². The molecule has 0 saturated heterocycles. The van der Waals surface area contributed by atoms with Crippen LogP contribution in [0.4, 0.5) is 0 Å². The summed E-state index contributed by atoms with van der Waals surface area (Å²) in [6.45, 7) is 1.20. The number of nitrogens with zero attached hydrogens (tertiary/aromatic N) is 3. The van der Waals surface area contributed by atoms with E-state index in [1.807, 2.05) is 0 Å². The first kappa shape index (κ1) is 17.7. The molecule has 7 nitrogen and oxygen atoms in total. The van der Waals surface area contributed by atoms with Gasteiger partial charge in [0, 0.05) is 31.1 Å². The number of carbonyl (C=O) groups is 1. The molecule has 2 heterocycles. The quantitative estimate of drug-likeness (QED) is 0.848. The number of rotatable bonds is 6. The number of fused-ring (bicyclic) bond motifs is 1. The molecule has 3 rings (SSSR count). The Hall–Kier alpha value is -2.12. The lowest BCUT2D eigenvalue weighted by Gasteiger charge is -2.16. The molecule has 0 radical (unpaired) electrons. The summed E-state index contributed by atoms with van der Waals surface area (Å²) in [6, 6.07) is 7.04. The van der Waals surface area contributed by atoms with E-state index in [0.717, 1.165) is 37.5 Å². The number of nitrogens with one attached hydrogen (secondary N) is 1. The smallest absolute Gasteiger partial charge is 0.258 e. The molecule has 0 bridgehead atoms. The van der Waals surface area contributed by atoms with Gasteiger partial charge in [-0.2, -0.15) is 0 Å². The largest absolute Gasteiger partial charge is 0.484 e. The maximum atomic E-state index is 12.1. The standard InChI is InChI=1S/C17H21ClN4O3/c1-24-10-16-21-20-15-7-4-13(8-9-22(15)16)19-17(23)11-25-14-5-2-12(18)3-6-14/h2-3,5-6,13H,4,7-11H2,1H3,(H,19,23). The third kappa shape index (κ3) is 4.70. The van der Waals surface area contributed by atoms with Crippen molar-refractivity contribution in [1.82, 2.24) is 20.1 Å². The Morgan fingerprint density at radius 2 is 2.12 bits per heavy atom. The van der Waals surface area contributed by atoms with E-state index in [-0.39, 0.29) is 18.6 Å². The van der Waals surface area contributed by atoms with Gasteiger partial charge in [0.15, 0.2) is 12.4 Å². The predicted octanol–water partition coefficient (Wildman–Crippen LogP) is 1.98. The fraction of sp³-hybridized carbons (Fsp3) is 0.471. The molecule has 1 aliphatic heterocycles. The average Bonchev–Trinajstić information content (AvgIpc) is 2.87. The summed E-state index contributed by atoms with van der Waals surface area (Å²) >= 11 is 5.82. The molecule has 2 aromatic rings. The zero-order chi connectivity index (χ0) is 17.6. The Morgan fingerprint density at radius 1 is 1.32 bits per heavy atom. The number of aryl methyl sites for hydroxylation is 1. The topological polar surface area (TPSA) is 78.3 Å². The van der Waals surface area contributed by atoms with E-state index in [1.54, 1.807) is 31.4 Å². The van der Waals surface area contributed by atoms with Crippen LogP contribution in [0.3, 0.4) is 0 Å². The minimum absolute atomic E-state index is 0.0147. The highest BCUT2D eigenvalue weighted by Gasteiger charge is 2.21. The Kier molecular flexibility index (Phi) is 5.88. The molecule has 1 aromatic carbocycles. The minimum atomic E-state index is -0.130. The fourth-order valence-corrected chi connectivity index (χ4v) is 3.00. The van der Waals surface area contributed by atoms with E-state index >= 15 is 0 Å². The molecule has 1 atom stereocenters. The van der Waals surface area contributed by atoms with Crippen molar-refractivity contribution in [3.63, 3.8) is 0 Å². The van der Waals surface area contributed by atoms with Crippen molar-refractivity contribution < 1.29 is 14.3 Å². The lowest BCUT2D eigenvalue weighted by Crippen LogP contribution is -2.38. The summed E-state index contributed by atoms with van der Waals surface area (Å²) in [5.41, 5.74) is 0. The van der Waals surface area contributed by atoms with Crippen LogP contribution in [0.15, 0.2) is 24.3 Å². The van der Waals surface area contributed by atoms with Gasteiger partial charge in [-0.1, -0.05) is 11.6 Å². The second-order valence-electron chi connectivity index (χ2n) is 5.95. The highest BCUT2D eigenvalue weighted by Crippen LogP contribution is 2.17. The Balaban J connectivity index is 1.48. The van der Waals surface area contributed by atoms with Crippen molar-refractivity contribution in [3.05, 3.63) is 40.9 Å². The van der Waals surface area contributed by atoms with Gasteiger partial charge in [0.2, 0.25) is 0 Å². The number of carbonyl (C=O) groups excluding carboxylic acids is 1. The number of benzene rings is 1. The molecule has 1 unspecified atom stereocenters. The highest BCUT2D eigenvalue weighted by atomic mass is 35.5. The molecule has 0 fully saturated rings. The van der Waals surface area contributed by atoms with Gasteiger partial charge in [-0.25, -0.2) is 0 Å². The fourth-order valence-electron chi connectivity index (χ4n) is 2.88. The number of methoxy groups -OCH3 is 1. The minimum Gasteiger partial charge on any atom is -0.484 e. The van der Waals surface area contributed by atoms with E-state index in [2.05, 4.69) is 20.1 Å². The van der Waals surface area contributed by atoms with Gasteiger partial charge in [0.05, 0.1) is 0 Å². The lowest BCUT2D eigenvalue weighted by molar-refractivity contribution is -0.123. The average molecular weight is 365 g/mol. The zero-order valence-corrected chi connectivity index (χ0v) is 14.8. The van der Waals surface area contributed by atoms with Gasteiger partial charge in [0.25, 0.3) is 5.91 Å². The van der Waals surface area contributed by atoms with Crippen LogP contribution in [-0.4, -0.2) is 40.4 Å². The van der Waals surface area contributed by atoms with Crippen molar-refractivity contribution in [2.45, 2.75) is 38.5 Å². The maximum Gasteiger partial charge on any atom is 0.258 e. The van der Waals surface area contributed by atoms with Crippen LogP contribution in [0.2, 0.25) is 5.02 Å². The van der Waals surface area contributed by atoms with Gasteiger partial charge in [-0.3, -0.25) is 4.79 Å². The van der Waals surface area contributed by atoms with Crippen LogP contribution < -0.4 is 10.1 Å². The second-order valence-corrected chi connectivity index (χ2v) is 6.39. The number of hydrogen-bond donors (Lipinski definition) is 1. The summed E-state index contributed by atoms with van der Waals surface area (Å²) in [4.78, 5) is 12.1. The monoisotopic (exact) mass is 364 g/mol. The molecule has 25 heavy (non-hydrogen) atoms.